The Bertz CT molecular complexity index is 2810. The van der Waals surface area contributed by atoms with Crippen LogP contribution < -0.4 is 4.90 Å². The third-order valence-corrected chi connectivity index (χ3v) is 9.82. The molecule has 0 radical (unpaired) electrons. The molecule has 0 atom stereocenters. The van der Waals surface area contributed by atoms with Crippen LogP contribution in [-0.2, 0) is 0 Å². The van der Waals surface area contributed by atoms with E-state index < -0.39 is 0 Å². The summed E-state index contributed by atoms with van der Waals surface area (Å²) >= 11 is 0. The zero-order chi connectivity index (χ0) is 29.9. The van der Waals surface area contributed by atoms with Crippen molar-refractivity contribution in [3.05, 3.63) is 152 Å². The predicted molar refractivity (Wildman–Crippen MR) is 191 cm³/mol. The van der Waals surface area contributed by atoms with Crippen molar-refractivity contribution < 1.29 is 4.42 Å². The largest absolute Gasteiger partial charge is 0.456 e. The first-order valence-corrected chi connectivity index (χ1v) is 15.7. The molecule has 0 saturated carbocycles. The van der Waals surface area contributed by atoms with Gasteiger partial charge in [0.05, 0.1) is 39.1 Å². The topological polar surface area (TPSA) is 26.2 Å². The van der Waals surface area contributed by atoms with Crippen LogP contribution in [0.4, 0.5) is 17.1 Å². The molecule has 1 aliphatic rings. The number of para-hydroxylation sites is 6. The lowest BCUT2D eigenvalue weighted by atomic mass is 10.0. The van der Waals surface area contributed by atoms with Crippen molar-refractivity contribution in [2.24, 2.45) is 0 Å². The fraction of sp³-hybridized carbons (Fsp3) is 0. The van der Waals surface area contributed by atoms with Gasteiger partial charge in [-0.15, -0.1) is 0 Å². The predicted octanol–water partition coefficient (Wildman–Crippen LogP) is 11.6. The molecule has 0 saturated heterocycles. The van der Waals surface area contributed by atoms with E-state index >= 15 is 0 Å². The molecule has 10 aromatic rings. The molecule has 0 fully saturated rings. The fourth-order valence-corrected chi connectivity index (χ4v) is 7.99. The van der Waals surface area contributed by atoms with E-state index in [1.165, 1.54) is 54.7 Å². The number of furan rings is 1. The van der Waals surface area contributed by atoms with Crippen molar-refractivity contribution in [1.29, 1.82) is 0 Å². The van der Waals surface area contributed by atoms with Gasteiger partial charge >= 0.3 is 0 Å². The Kier molecular flexibility index (Phi) is 4.55. The second-order valence-corrected chi connectivity index (χ2v) is 12.1. The number of aromatic nitrogens is 2. The van der Waals surface area contributed by atoms with Crippen molar-refractivity contribution in [2.45, 2.75) is 0 Å². The van der Waals surface area contributed by atoms with E-state index in [1.807, 2.05) is 6.07 Å². The van der Waals surface area contributed by atoms with Crippen LogP contribution in [0.25, 0.3) is 76.9 Å². The van der Waals surface area contributed by atoms with Crippen molar-refractivity contribution >= 4 is 82.6 Å². The Morgan fingerprint density at radius 2 is 0.957 bits per heavy atom. The summed E-state index contributed by atoms with van der Waals surface area (Å²) in [5, 5.41) is 7.33. The molecule has 0 amide bonds. The minimum atomic E-state index is 0.919. The summed E-state index contributed by atoms with van der Waals surface area (Å²) < 4.78 is 11.1. The summed E-state index contributed by atoms with van der Waals surface area (Å²) in [6.07, 6.45) is 0. The Morgan fingerprint density at radius 1 is 0.348 bits per heavy atom. The Morgan fingerprint density at radius 3 is 1.74 bits per heavy atom. The zero-order valence-electron chi connectivity index (χ0n) is 24.7. The smallest absolute Gasteiger partial charge is 0.136 e. The third-order valence-electron chi connectivity index (χ3n) is 9.82. The van der Waals surface area contributed by atoms with Gasteiger partial charge in [-0.25, -0.2) is 0 Å². The summed E-state index contributed by atoms with van der Waals surface area (Å²) in [5.41, 5.74) is 12.4. The number of benzene rings is 7. The molecule has 4 nitrogen and oxygen atoms in total. The highest BCUT2D eigenvalue weighted by atomic mass is 16.3. The average Bonchev–Trinajstić information content (AvgIpc) is 3.77. The third kappa shape index (κ3) is 2.98. The van der Waals surface area contributed by atoms with Crippen LogP contribution in [-0.4, -0.2) is 9.13 Å². The minimum absolute atomic E-state index is 0.919. The first-order chi connectivity index (χ1) is 22.8. The van der Waals surface area contributed by atoms with Gasteiger partial charge < -0.3 is 18.5 Å². The lowest BCUT2D eigenvalue weighted by Crippen LogP contribution is -2.18. The van der Waals surface area contributed by atoms with Crippen molar-refractivity contribution in [2.75, 3.05) is 4.90 Å². The number of rotatable bonds is 2. The molecule has 0 aliphatic carbocycles. The molecular formula is C42H25N3O. The summed E-state index contributed by atoms with van der Waals surface area (Å²) in [6, 6.07) is 54.5. The second kappa shape index (κ2) is 8.68. The van der Waals surface area contributed by atoms with E-state index in [0.29, 0.717) is 0 Å². The first-order valence-electron chi connectivity index (χ1n) is 15.7. The van der Waals surface area contributed by atoms with E-state index in [9.17, 15) is 0 Å². The van der Waals surface area contributed by atoms with Gasteiger partial charge in [0.1, 0.15) is 11.2 Å². The number of fused-ring (bicyclic) bond motifs is 12. The summed E-state index contributed by atoms with van der Waals surface area (Å²) in [7, 11) is 0. The standard InChI is InChI=1S/C42H25N3O/c1-4-14-32-28(10-1)29-11-2-5-15-33(29)43(32)26-20-22-27(23-21-26)44-34-16-6-7-17-35(34)45-36-24-25-39-41(30-12-3-8-19-38(30)46-39)40(36)31-13-9-18-37(44)42(31)45/h1-25H. The maximum atomic E-state index is 6.33. The summed E-state index contributed by atoms with van der Waals surface area (Å²) in [5.74, 6) is 0. The molecule has 46 heavy (non-hydrogen) atoms. The molecule has 11 rings (SSSR count). The van der Waals surface area contributed by atoms with Gasteiger partial charge in [-0.2, -0.15) is 0 Å². The van der Waals surface area contributed by atoms with Crippen molar-refractivity contribution in [3.8, 4) is 11.4 Å². The SMILES string of the molecule is c1ccc2c(c1)N(c1ccc(-n3c4ccccc4c4ccccc43)cc1)c1cccc3c4c5c(ccc4n-2c13)oc1ccccc15. The quantitative estimate of drug-likeness (QED) is 0.201. The van der Waals surface area contributed by atoms with Crippen molar-refractivity contribution in [1.82, 2.24) is 9.13 Å². The van der Waals surface area contributed by atoms with Gasteiger partial charge in [-0.05, 0) is 72.8 Å². The van der Waals surface area contributed by atoms with Gasteiger partial charge in [-0.1, -0.05) is 78.9 Å². The van der Waals surface area contributed by atoms with Gasteiger partial charge in [0, 0.05) is 43.7 Å². The highest BCUT2D eigenvalue weighted by Gasteiger charge is 2.29. The lowest BCUT2D eigenvalue weighted by Gasteiger charge is -2.33. The molecular weight excluding hydrogens is 562 g/mol. The maximum absolute atomic E-state index is 6.33. The molecule has 214 valence electrons. The van der Waals surface area contributed by atoms with E-state index in [-0.39, 0.29) is 0 Å². The Labute approximate surface area is 263 Å². The van der Waals surface area contributed by atoms with E-state index in [4.69, 9.17) is 4.42 Å². The molecule has 0 N–H and O–H groups in total. The van der Waals surface area contributed by atoms with Crippen LogP contribution in [0.5, 0.6) is 0 Å². The summed E-state index contributed by atoms with van der Waals surface area (Å²) in [4.78, 5) is 2.41. The van der Waals surface area contributed by atoms with Crippen LogP contribution in [0.15, 0.2) is 156 Å². The number of anilines is 3. The Balaban J connectivity index is 1.17. The molecule has 0 bridgehead atoms. The van der Waals surface area contributed by atoms with Gasteiger partial charge in [0.2, 0.25) is 0 Å². The zero-order valence-corrected chi connectivity index (χ0v) is 24.7. The molecule has 4 heterocycles. The van der Waals surface area contributed by atoms with Crippen LogP contribution in [0.2, 0.25) is 0 Å². The van der Waals surface area contributed by atoms with Crippen LogP contribution in [0.3, 0.4) is 0 Å². The van der Waals surface area contributed by atoms with Gasteiger partial charge in [0.25, 0.3) is 0 Å². The van der Waals surface area contributed by atoms with Gasteiger partial charge in [0.15, 0.2) is 0 Å². The van der Waals surface area contributed by atoms with Crippen LogP contribution >= 0.6 is 0 Å². The van der Waals surface area contributed by atoms with Crippen LogP contribution in [0, 0.1) is 0 Å². The van der Waals surface area contributed by atoms with Crippen LogP contribution in [0.1, 0.15) is 0 Å². The average molecular weight is 588 g/mol. The molecule has 4 heteroatoms. The Hall–Kier alpha value is -6.26. The number of hydrogen-bond donors (Lipinski definition) is 0. The molecule has 0 spiro atoms. The molecule has 0 unspecified atom stereocenters. The van der Waals surface area contributed by atoms with E-state index in [2.05, 4.69) is 160 Å². The van der Waals surface area contributed by atoms with Gasteiger partial charge in [-0.3, -0.25) is 0 Å². The number of nitrogens with zero attached hydrogens (tertiary/aromatic N) is 3. The monoisotopic (exact) mass is 587 g/mol. The second-order valence-electron chi connectivity index (χ2n) is 12.1. The molecule has 1 aliphatic heterocycles. The van der Waals surface area contributed by atoms with Crippen molar-refractivity contribution in [3.63, 3.8) is 0 Å². The summed E-state index contributed by atoms with van der Waals surface area (Å²) in [6.45, 7) is 0. The minimum Gasteiger partial charge on any atom is -0.456 e. The maximum Gasteiger partial charge on any atom is 0.136 e. The number of hydrogen-bond acceptors (Lipinski definition) is 2. The molecule has 7 aromatic carbocycles. The highest BCUT2D eigenvalue weighted by Crippen LogP contribution is 2.51. The van der Waals surface area contributed by atoms with E-state index in [0.717, 1.165) is 39.3 Å². The lowest BCUT2D eigenvalue weighted by molar-refractivity contribution is 0.669. The highest BCUT2D eigenvalue weighted by molar-refractivity contribution is 6.29. The fourth-order valence-electron chi connectivity index (χ4n) is 7.99. The first kappa shape index (κ1) is 24.1. The molecule has 3 aromatic heterocycles. The normalized spacial score (nSPS) is 12.7. The van der Waals surface area contributed by atoms with E-state index in [1.54, 1.807) is 0 Å².